The fourth-order valence-corrected chi connectivity index (χ4v) is 6.20. The van der Waals surface area contributed by atoms with Crippen molar-refractivity contribution in [1.82, 2.24) is 0 Å². The van der Waals surface area contributed by atoms with E-state index >= 15 is 0 Å². The van der Waals surface area contributed by atoms with Crippen LogP contribution in [0.3, 0.4) is 0 Å². The molecule has 1 aliphatic heterocycles. The maximum Gasteiger partial charge on any atom is 0.340 e. The van der Waals surface area contributed by atoms with E-state index in [1.54, 1.807) is 25.1 Å². The van der Waals surface area contributed by atoms with Crippen LogP contribution in [-0.2, 0) is 14.3 Å². The number of nitrogens with two attached hydrogens (primary N) is 1. The van der Waals surface area contributed by atoms with E-state index in [1.165, 1.54) is 0 Å². The average Bonchev–Trinajstić information content (AvgIpc) is 2.97. The van der Waals surface area contributed by atoms with Crippen LogP contribution in [0.2, 0.25) is 10.0 Å². The minimum Gasteiger partial charge on any atom is -0.545 e. The maximum atomic E-state index is 13.6. The fraction of sp³-hybridized carbons (Fsp3) is 0.273. The number of rotatable bonds is 10. The zero-order chi connectivity index (χ0) is 29.7. The van der Waals surface area contributed by atoms with Crippen molar-refractivity contribution in [2.75, 3.05) is 26.7 Å². The Morgan fingerprint density at radius 1 is 0.902 bits per heavy atom. The summed E-state index contributed by atoms with van der Waals surface area (Å²) in [5, 5.41) is 13.3. The van der Waals surface area contributed by atoms with Crippen LogP contribution in [0.15, 0.2) is 101 Å². The molecule has 41 heavy (non-hydrogen) atoms. The molecule has 0 amide bonds. The molecule has 214 valence electrons. The van der Waals surface area contributed by atoms with Crippen LogP contribution in [0.5, 0.6) is 0 Å². The van der Waals surface area contributed by atoms with Crippen LogP contribution in [0, 0.1) is 0 Å². The van der Waals surface area contributed by atoms with Crippen LogP contribution in [0.25, 0.3) is 0 Å². The third-order valence-corrected chi connectivity index (χ3v) is 9.02. The van der Waals surface area contributed by atoms with Crippen molar-refractivity contribution >= 4 is 35.1 Å². The van der Waals surface area contributed by atoms with Crippen LogP contribution in [-0.4, -0.2) is 43.2 Å². The summed E-state index contributed by atoms with van der Waals surface area (Å²) in [6.07, 6.45) is 0.674. The Bertz CT molecular complexity index is 1450. The molecular weight excluding hydrogens is 559 g/mol. The predicted molar refractivity (Wildman–Crippen MR) is 160 cm³/mol. The van der Waals surface area contributed by atoms with E-state index in [-0.39, 0.29) is 44.7 Å². The minimum atomic E-state index is -1.38. The minimum absolute atomic E-state index is 0.0111. The van der Waals surface area contributed by atoms with E-state index < -0.39 is 17.9 Å². The summed E-state index contributed by atoms with van der Waals surface area (Å²) in [5.41, 5.74) is 9.71. The molecule has 1 heterocycles. The number of halogens is 2. The summed E-state index contributed by atoms with van der Waals surface area (Å²) in [6, 6.07) is 25.4. The summed E-state index contributed by atoms with van der Waals surface area (Å²) < 4.78 is 5.60. The lowest BCUT2D eigenvalue weighted by Crippen LogP contribution is -2.49. The number of nitrogens with zero attached hydrogens (tertiary/aromatic N) is 1. The number of quaternary nitrogens is 1. The van der Waals surface area contributed by atoms with Crippen molar-refractivity contribution in [1.29, 1.82) is 0 Å². The quantitative estimate of drug-likeness (QED) is 0.246. The molecule has 0 fully saturated rings. The van der Waals surface area contributed by atoms with Gasteiger partial charge in [-0.25, -0.2) is 4.79 Å². The molecule has 2 atom stereocenters. The van der Waals surface area contributed by atoms with E-state index in [4.69, 9.17) is 33.7 Å². The summed E-state index contributed by atoms with van der Waals surface area (Å²) >= 11 is 12.9. The number of hydrogen-bond acceptors (Lipinski definition) is 5. The van der Waals surface area contributed by atoms with E-state index in [0.29, 0.717) is 29.9 Å². The first kappa shape index (κ1) is 30.5. The number of esters is 1. The van der Waals surface area contributed by atoms with Gasteiger partial charge in [-0.05, 0) is 22.8 Å². The first-order valence-corrected chi connectivity index (χ1v) is 14.3. The Morgan fingerprint density at radius 3 is 2.00 bits per heavy atom. The van der Waals surface area contributed by atoms with Crippen molar-refractivity contribution in [3.63, 3.8) is 0 Å². The van der Waals surface area contributed by atoms with E-state index in [1.807, 2.05) is 50.4 Å². The number of carboxylic acid groups (broad SMARTS) is 1. The van der Waals surface area contributed by atoms with Gasteiger partial charge in [0.25, 0.3) is 0 Å². The molecular formula is C33H34Cl2N2O4. The highest BCUT2D eigenvalue weighted by molar-refractivity contribution is 6.42. The van der Waals surface area contributed by atoms with Crippen molar-refractivity contribution < 1.29 is 23.9 Å². The fourth-order valence-electron chi connectivity index (χ4n) is 5.78. The molecule has 4 rings (SSSR count). The lowest BCUT2D eigenvalue weighted by molar-refractivity contribution is -0.836. The van der Waals surface area contributed by atoms with Gasteiger partial charge in [0.2, 0.25) is 0 Å². The smallest absolute Gasteiger partial charge is 0.340 e. The normalized spacial score (nSPS) is 19.0. The van der Waals surface area contributed by atoms with Gasteiger partial charge in [0.1, 0.15) is 23.6 Å². The van der Waals surface area contributed by atoms with Crippen LogP contribution in [0.1, 0.15) is 48.8 Å². The van der Waals surface area contributed by atoms with Gasteiger partial charge in [-0.15, -0.1) is 0 Å². The zero-order valence-electron chi connectivity index (χ0n) is 23.4. The number of carbonyl (C=O) groups excluding carboxylic acids is 2. The number of ether oxygens (including phenoxy) is 1. The molecule has 0 bridgehead atoms. The highest BCUT2D eigenvalue weighted by Crippen LogP contribution is 2.48. The van der Waals surface area contributed by atoms with E-state index in [9.17, 15) is 14.7 Å². The second-order valence-corrected chi connectivity index (χ2v) is 11.1. The molecule has 6 nitrogen and oxygen atoms in total. The molecule has 3 aromatic carbocycles. The monoisotopic (exact) mass is 592 g/mol. The number of aliphatic carboxylic acids is 1. The van der Waals surface area contributed by atoms with Gasteiger partial charge in [-0.3, -0.25) is 4.48 Å². The molecule has 0 radical (unpaired) electrons. The van der Waals surface area contributed by atoms with E-state index in [2.05, 4.69) is 24.3 Å². The summed E-state index contributed by atoms with van der Waals surface area (Å²) in [6.45, 7) is 4.25. The topological polar surface area (TPSA) is 92.4 Å². The van der Waals surface area contributed by atoms with Gasteiger partial charge in [-0.1, -0.05) is 96.0 Å². The zero-order valence-corrected chi connectivity index (χ0v) is 24.9. The third kappa shape index (κ3) is 6.11. The lowest BCUT2D eigenvalue weighted by atomic mass is 9.78. The third-order valence-electron chi connectivity index (χ3n) is 8.19. The number of hydrogen-bond donors (Lipinski definition) is 1. The second-order valence-electron chi connectivity index (χ2n) is 10.4. The Balaban J connectivity index is 1.87. The molecule has 2 N–H and O–H groups in total. The van der Waals surface area contributed by atoms with Crippen molar-refractivity contribution in [3.05, 3.63) is 128 Å². The Hall–Kier alpha value is -3.42. The average molecular weight is 594 g/mol. The summed E-state index contributed by atoms with van der Waals surface area (Å²) in [4.78, 5) is 26.5. The molecule has 0 saturated heterocycles. The van der Waals surface area contributed by atoms with Crippen LogP contribution >= 0.6 is 23.2 Å². The predicted octanol–water partition coefficient (Wildman–Crippen LogP) is 5.56. The highest BCUT2D eigenvalue weighted by atomic mass is 35.5. The Kier molecular flexibility index (Phi) is 9.72. The number of allylic oxidation sites excluding steroid dienone is 2. The summed E-state index contributed by atoms with van der Waals surface area (Å²) in [5.74, 6) is -3.01. The van der Waals surface area contributed by atoms with Gasteiger partial charge in [-0.2, -0.15) is 0 Å². The molecule has 3 aromatic rings. The summed E-state index contributed by atoms with van der Waals surface area (Å²) in [7, 11) is 1.92. The largest absolute Gasteiger partial charge is 0.545 e. The first-order valence-electron chi connectivity index (χ1n) is 13.5. The molecule has 0 aromatic heterocycles. The molecule has 0 aliphatic carbocycles. The Labute approximate surface area is 251 Å². The molecule has 1 aliphatic rings. The standard InChI is InChI=1S/C33H34Cl2N2O4/c1-21-28(32(38)39)30(26-15-10-16-27(34)31(26)35)29(33(40)41-20-18-36)22(2)37(21,3)19-17-25(23-11-6-4-7-12-23)24-13-8-5-9-14-24/h4-16,25,30H,17-20,36H2,1-3H3. The van der Waals surface area contributed by atoms with Gasteiger partial charge in [0, 0.05) is 38.3 Å². The molecule has 2 unspecified atom stereocenters. The lowest BCUT2D eigenvalue weighted by Gasteiger charge is -2.44. The van der Waals surface area contributed by atoms with E-state index in [0.717, 1.165) is 11.1 Å². The Morgan fingerprint density at radius 2 is 1.46 bits per heavy atom. The van der Waals surface area contributed by atoms with Crippen molar-refractivity contribution in [2.24, 2.45) is 5.73 Å². The molecule has 8 heteroatoms. The number of carbonyl (C=O) groups is 2. The van der Waals surface area contributed by atoms with Gasteiger partial charge in [0.05, 0.1) is 35.5 Å². The van der Waals surface area contributed by atoms with Crippen molar-refractivity contribution in [2.45, 2.75) is 32.1 Å². The molecule has 0 spiro atoms. The van der Waals surface area contributed by atoms with Gasteiger partial charge >= 0.3 is 5.97 Å². The van der Waals surface area contributed by atoms with Gasteiger partial charge < -0.3 is 20.4 Å². The van der Waals surface area contributed by atoms with Crippen molar-refractivity contribution in [3.8, 4) is 0 Å². The van der Waals surface area contributed by atoms with Crippen LogP contribution in [0.4, 0.5) is 0 Å². The number of carboxylic acids is 1. The maximum absolute atomic E-state index is 13.6. The second kappa shape index (κ2) is 13.0. The van der Waals surface area contributed by atoms with Gasteiger partial charge in [0.15, 0.2) is 0 Å². The molecule has 0 saturated carbocycles. The number of benzene rings is 3. The highest BCUT2D eigenvalue weighted by Gasteiger charge is 2.46. The SMILES string of the molecule is CC1=C(C(=O)[O-])C(c2cccc(Cl)c2Cl)C(C(=O)OCCN)=C(C)[N+]1(C)CCC(c1ccccc1)c1ccccc1. The first-order chi connectivity index (χ1) is 19.6. The van der Waals surface area contributed by atoms with Crippen LogP contribution < -0.4 is 10.8 Å².